The van der Waals surface area contributed by atoms with Gasteiger partial charge in [-0.15, -0.1) is 0 Å². The molecule has 2 heteroatoms. The summed E-state index contributed by atoms with van der Waals surface area (Å²) in [5.74, 6) is 1.19. The Bertz CT molecular complexity index is 346. The van der Waals surface area contributed by atoms with Gasteiger partial charge in [-0.3, -0.25) is 0 Å². The molecule has 0 aliphatic carbocycles. The molecule has 2 rings (SSSR count). The normalized spacial score (nSPS) is 23.7. The van der Waals surface area contributed by atoms with Crippen molar-refractivity contribution in [1.82, 2.24) is 4.90 Å². The fourth-order valence-corrected chi connectivity index (χ4v) is 2.05. The molecule has 0 atom stereocenters. The second-order valence-corrected chi connectivity index (χ2v) is 5.30. The van der Waals surface area contributed by atoms with Crippen molar-refractivity contribution in [2.24, 2.45) is 10.4 Å². The van der Waals surface area contributed by atoms with Crippen LogP contribution in [0.15, 0.2) is 28.5 Å². The topological polar surface area (TPSA) is 15.6 Å². The number of hydrogen-bond donors (Lipinski definition) is 0. The van der Waals surface area contributed by atoms with Crippen molar-refractivity contribution < 1.29 is 0 Å². The molecular formula is C13H20N2. The zero-order valence-electron chi connectivity index (χ0n) is 10.1. The van der Waals surface area contributed by atoms with Crippen LogP contribution in [0.5, 0.6) is 0 Å². The summed E-state index contributed by atoms with van der Waals surface area (Å²) in [6.07, 6.45) is 7.71. The number of nitrogens with zero attached hydrogens (tertiary/aromatic N) is 2. The van der Waals surface area contributed by atoms with Crippen molar-refractivity contribution in [3.63, 3.8) is 0 Å². The van der Waals surface area contributed by atoms with Gasteiger partial charge in [0.25, 0.3) is 0 Å². The van der Waals surface area contributed by atoms with Crippen LogP contribution in [0.25, 0.3) is 0 Å². The lowest BCUT2D eigenvalue weighted by Crippen LogP contribution is -2.27. The molecule has 15 heavy (non-hydrogen) atoms. The highest BCUT2D eigenvalue weighted by molar-refractivity contribution is 5.70. The predicted molar refractivity (Wildman–Crippen MR) is 64.9 cm³/mol. The Balaban J connectivity index is 2.32. The smallest absolute Gasteiger partial charge is 0.131 e. The number of allylic oxidation sites excluding steroid dienone is 2. The SMILES string of the molecule is CC(C)N1CCC2=C1N=CC(C)(C)C=C2. The zero-order chi connectivity index (χ0) is 11.1. The molecule has 2 nitrogen and oxygen atoms in total. The zero-order valence-corrected chi connectivity index (χ0v) is 10.1. The van der Waals surface area contributed by atoms with E-state index in [2.05, 4.69) is 56.0 Å². The van der Waals surface area contributed by atoms with Crippen LogP contribution in [0, 0.1) is 5.41 Å². The molecule has 0 fully saturated rings. The van der Waals surface area contributed by atoms with Gasteiger partial charge in [0.05, 0.1) is 0 Å². The van der Waals surface area contributed by atoms with Gasteiger partial charge in [0.2, 0.25) is 0 Å². The molecule has 0 radical (unpaired) electrons. The number of rotatable bonds is 1. The largest absolute Gasteiger partial charge is 0.354 e. The minimum absolute atomic E-state index is 0.0903. The fourth-order valence-electron chi connectivity index (χ4n) is 2.05. The monoisotopic (exact) mass is 204 g/mol. The molecule has 0 aromatic rings. The highest BCUT2D eigenvalue weighted by Crippen LogP contribution is 2.31. The number of hydrogen-bond acceptors (Lipinski definition) is 2. The quantitative estimate of drug-likeness (QED) is 0.641. The summed E-state index contributed by atoms with van der Waals surface area (Å²) < 4.78 is 0. The second-order valence-electron chi connectivity index (χ2n) is 5.30. The highest BCUT2D eigenvalue weighted by atomic mass is 15.2. The van der Waals surface area contributed by atoms with Crippen LogP contribution < -0.4 is 0 Å². The van der Waals surface area contributed by atoms with Crippen LogP contribution in [0.3, 0.4) is 0 Å². The van der Waals surface area contributed by atoms with Gasteiger partial charge < -0.3 is 4.90 Å². The summed E-state index contributed by atoms with van der Waals surface area (Å²) in [7, 11) is 0. The van der Waals surface area contributed by atoms with E-state index in [1.54, 1.807) is 0 Å². The Hall–Kier alpha value is -1.05. The molecule has 0 saturated heterocycles. The van der Waals surface area contributed by atoms with E-state index < -0.39 is 0 Å². The van der Waals surface area contributed by atoms with Crippen LogP contribution in [0.2, 0.25) is 0 Å². The van der Waals surface area contributed by atoms with E-state index >= 15 is 0 Å². The third-order valence-electron chi connectivity index (χ3n) is 3.04. The molecule has 0 saturated carbocycles. The van der Waals surface area contributed by atoms with Crippen LogP contribution >= 0.6 is 0 Å². The Morgan fingerprint density at radius 2 is 2.13 bits per heavy atom. The molecule has 2 aliphatic heterocycles. The van der Waals surface area contributed by atoms with Crippen LogP contribution in [0.1, 0.15) is 34.1 Å². The molecule has 2 aliphatic rings. The maximum Gasteiger partial charge on any atom is 0.131 e. The minimum Gasteiger partial charge on any atom is -0.354 e. The first-order chi connectivity index (χ1) is 6.99. The van der Waals surface area contributed by atoms with Crippen LogP contribution in [0.4, 0.5) is 0 Å². The molecule has 0 unspecified atom stereocenters. The van der Waals surface area contributed by atoms with Crippen molar-refractivity contribution in [3.05, 3.63) is 23.5 Å². The second kappa shape index (κ2) is 3.51. The van der Waals surface area contributed by atoms with Gasteiger partial charge in [0.15, 0.2) is 0 Å². The Morgan fingerprint density at radius 3 is 2.80 bits per heavy atom. The van der Waals surface area contributed by atoms with E-state index in [1.165, 1.54) is 11.4 Å². The maximum atomic E-state index is 4.66. The van der Waals surface area contributed by atoms with Gasteiger partial charge >= 0.3 is 0 Å². The van der Waals surface area contributed by atoms with Crippen molar-refractivity contribution in [2.45, 2.75) is 40.2 Å². The Morgan fingerprint density at radius 1 is 1.40 bits per heavy atom. The van der Waals surface area contributed by atoms with Crippen LogP contribution in [-0.4, -0.2) is 23.7 Å². The first-order valence-corrected chi connectivity index (χ1v) is 5.74. The summed E-state index contributed by atoms with van der Waals surface area (Å²) in [4.78, 5) is 7.05. The average Bonchev–Trinajstić information content (AvgIpc) is 2.49. The van der Waals surface area contributed by atoms with Crippen LogP contribution in [-0.2, 0) is 0 Å². The fraction of sp³-hybridized carbons (Fsp3) is 0.615. The van der Waals surface area contributed by atoms with Gasteiger partial charge in [0.1, 0.15) is 5.82 Å². The van der Waals surface area contributed by atoms with Gasteiger partial charge in [-0.1, -0.05) is 26.0 Å². The molecule has 0 amide bonds. The lowest BCUT2D eigenvalue weighted by Gasteiger charge is -2.24. The predicted octanol–water partition coefficient (Wildman–Crippen LogP) is 2.98. The van der Waals surface area contributed by atoms with Gasteiger partial charge in [-0.2, -0.15) is 0 Å². The summed E-state index contributed by atoms with van der Waals surface area (Å²) in [5.41, 5.74) is 1.48. The van der Waals surface area contributed by atoms with E-state index in [0.717, 1.165) is 13.0 Å². The molecular weight excluding hydrogens is 184 g/mol. The maximum absolute atomic E-state index is 4.66. The Labute approximate surface area is 92.4 Å². The summed E-state index contributed by atoms with van der Waals surface area (Å²) in [5, 5.41) is 0. The highest BCUT2D eigenvalue weighted by Gasteiger charge is 2.25. The Kier molecular flexibility index (Phi) is 2.45. The molecule has 0 N–H and O–H groups in total. The van der Waals surface area contributed by atoms with Gasteiger partial charge in [-0.05, 0) is 25.8 Å². The minimum atomic E-state index is 0.0903. The van der Waals surface area contributed by atoms with E-state index in [0.29, 0.717) is 6.04 Å². The third-order valence-corrected chi connectivity index (χ3v) is 3.04. The van der Waals surface area contributed by atoms with Crippen molar-refractivity contribution in [3.8, 4) is 0 Å². The third kappa shape index (κ3) is 1.99. The molecule has 0 spiro atoms. The lowest BCUT2D eigenvalue weighted by atomic mass is 9.94. The van der Waals surface area contributed by atoms with Gasteiger partial charge in [-0.25, -0.2) is 4.99 Å². The first-order valence-electron chi connectivity index (χ1n) is 5.74. The molecule has 0 bridgehead atoms. The van der Waals surface area contributed by atoms with Gasteiger partial charge in [0, 0.05) is 24.2 Å². The lowest BCUT2D eigenvalue weighted by molar-refractivity contribution is 0.307. The van der Waals surface area contributed by atoms with Crippen molar-refractivity contribution in [1.29, 1.82) is 0 Å². The van der Waals surface area contributed by atoms with E-state index in [4.69, 9.17) is 0 Å². The van der Waals surface area contributed by atoms with E-state index in [-0.39, 0.29) is 5.41 Å². The standard InChI is InChI=1S/C13H20N2/c1-10(2)15-8-6-11-5-7-13(3,4)9-14-12(11)15/h5,7,9-10H,6,8H2,1-4H3. The van der Waals surface area contributed by atoms with E-state index in [9.17, 15) is 0 Å². The molecule has 0 aromatic carbocycles. The first kappa shape index (κ1) is 10.5. The summed E-state index contributed by atoms with van der Waals surface area (Å²) >= 11 is 0. The average molecular weight is 204 g/mol. The van der Waals surface area contributed by atoms with Crippen molar-refractivity contribution >= 4 is 6.21 Å². The summed E-state index contributed by atoms with van der Waals surface area (Å²) in [6.45, 7) is 9.95. The van der Waals surface area contributed by atoms with E-state index in [1.807, 2.05) is 0 Å². The molecule has 2 heterocycles. The summed E-state index contributed by atoms with van der Waals surface area (Å²) in [6, 6.07) is 0.546. The molecule has 0 aromatic heterocycles. The van der Waals surface area contributed by atoms with Crippen molar-refractivity contribution in [2.75, 3.05) is 6.54 Å². The molecule has 82 valence electrons. The number of aliphatic imine (C=N–C) groups is 1.